The Morgan fingerprint density at radius 1 is 1.07 bits per heavy atom. The molecular formula is C21H16N4O3. The molecule has 0 unspecified atom stereocenters. The van der Waals surface area contributed by atoms with Crippen LogP contribution in [-0.4, -0.2) is 13.1 Å². The molecule has 0 spiro atoms. The van der Waals surface area contributed by atoms with E-state index in [1.807, 2.05) is 30.3 Å². The number of anilines is 1. The van der Waals surface area contributed by atoms with Crippen molar-refractivity contribution in [3.8, 4) is 24.0 Å². The number of ether oxygens (including phenoxy) is 2. The first-order valence-electron chi connectivity index (χ1n) is 8.15. The zero-order chi connectivity index (χ0) is 20.5. The third kappa shape index (κ3) is 4.66. The van der Waals surface area contributed by atoms with Crippen molar-refractivity contribution in [1.82, 2.24) is 0 Å². The van der Waals surface area contributed by atoms with Crippen molar-refractivity contribution in [2.24, 2.45) is 0 Å². The minimum atomic E-state index is -0.613. The van der Waals surface area contributed by atoms with Crippen LogP contribution >= 0.6 is 0 Å². The van der Waals surface area contributed by atoms with Crippen LogP contribution < -0.4 is 10.1 Å². The number of hydrogen-bond acceptors (Lipinski definition) is 7. The summed E-state index contributed by atoms with van der Waals surface area (Å²) in [7, 11) is 1.25. The van der Waals surface area contributed by atoms with Gasteiger partial charge in [0.25, 0.3) is 0 Å². The lowest BCUT2D eigenvalue weighted by Crippen LogP contribution is -2.10. The number of hydrogen-bond donors (Lipinski definition) is 1. The van der Waals surface area contributed by atoms with Gasteiger partial charge in [-0.15, -0.1) is 0 Å². The first kappa shape index (κ1) is 20.0. The highest BCUT2D eigenvalue weighted by atomic mass is 16.5. The fourth-order valence-electron chi connectivity index (χ4n) is 2.43. The monoisotopic (exact) mass is 372 g/mol. The molecule has 0 aliphatic rings. The van der Waals surface area contributed by atoms with Crippen LogP contribution in [0.15, 0.2) is 53.7 Å². The minimum absolute atomic E-state index is 0.157. The second-order valence-electron chi connectivity index (χ2n) is 5.67. The van der Waals surface area contributed by atoms with Gasteiger partial charge in [-0.05, 0) is 30.2 Å². The molecule has 2 aromatic carbocycles. The van der Waals surface area contributed by atoms with Crippen molar-refractivity contribution in [2.75, 3.05) is 12.4 Å². The van der Waals surface area contributed by atoms with Crippen molar-refractivity contribution in [2.45, 2.75) is 13.5 Å². The van der Waals surface area contributed by atoms with Gasteiger partial charge < -0.3 is 14.8 Å². The van der Waals surface area contributed by atoms with Gasteiger partial charge >= 0.3 is 5.97 Å². The summed E-state index contributed by atoms with van der Waals surface area (Å²) in [6, 6.07) is 17.7. The molecule has 0 aliphatic carbocycles. The Morgan fingerprint density at radius 2 is 1.75 bits per heavy atom. The molecule has 7 heteroatoms. The van der Waals surface area contributed by atoms with Gasteiger partial charge in [0.15, 0.2) is 11.3 Å². The third-order valence-electron chi connectivity index (χ3n) is 3.71. The Morgan fingerprint density at radius 3 is 2.32 bits per heavy atom. The van der Waals surface area contributed by atoms with Crippen molar-refractivity contribution in [3.63, 3.8) is 0 Å². The Kier molecular flexibility index (Phi) is 6.75. The van der Waals surface area contributed by atoms with Crippen molar-refractivity contribution in [1.29, 1.82) is 15.8 Å². The Bertz CT molecular complexity index is 1020. The molecular weight excluding hydrogens is 356 g/mol. The van der Waals surface area contributed by atoms with Crippen LogP contribution in [0, 0.1) is 40.9 Å². The summed E-state index contributed by atoms with van der Waals surface area (Å²) in [5.41, 5.74) is 1.39. The molecule has 0 bridgehead atoms. The number of rotatable bonds is 6. The summed E-state index contributed by atoms with van der Waals surface area (Å²) >= 11 is 0. The third-order valence-corrected chi connectivity index (χ3v) is 3.71. The summed E-state index contributed by atoms with van der Waals surface area (Å²) in [6.45, 7) is 1.92. The summed E-state index contributed by atoms with van der Waals surface area (Å²) in [5.74, 6) is -0.456. The number of allylic oxidation sites excluding steroid dienone is 2. The van der Waals surface area contributed by atoms with Crippen LogP contribution in [0.1, 0.15) is 21.5 Å². The van der Waals surface area contributed by atoms with Gasteiger partial charge in [-0.25, -0.2) is 4.79 Å². The summed E-state index contributed by atoms with van der Waals surface area (Å²) in [6.07, 6.45) is 0. The maximum atomic E-state index is 12.2. The molecule has 2 aromatic rings. The molecule has 0 heterocycles. The summed E-state index contributed by atoms with van der Waals surface area (Å²) in [5, 5.41) is 30.1. The van der Waals surface area contributed by atoms with E-state index in [-0.39, 0.29) is 34.9 Å². The van der Waals surface area contributed by atoms with E-state index < -0.39 is 5.97 Å². The quantitative estimate of drug-likeness (QED) is 0.608. The van der Waals surface area contributed by atoms with Crippen LogP contribution in [-0.2, 0) is 11.3 Å². The highest BCUT2D eigenvalue weighted by Gasteiger charge is 2.20. The number of esters is 1. The lowest BCUT2D eigenvalue weighted by atomic mass is 10.1. The van der Waals surface area contributed by atoms with Crippen LogP contribution in [0.25, 0.3) is 0 Å². The van der Waals surface area contributed by atoms with Gasteiger partial charge in [-0.3, -0.25) is 0 Å². The van der Waals surface area contributed by atoms with Crippen molar-refractivity contribution in [3.05, 3.63) is 70.4 Å². The molecule has 0 fully saturated rings. The summed E-state index contributed by atoms with van der Waals surface area (Å²) in [4.78, 5) is 12.2. The molecule has 0 saturated carbocycles. The number of nitrogens with zero attached hydrogens (tertiary/aromatic N) is 3. The fourth-order valence-corrected chi connectivity index (χ4v) is 2.43. The average Bonchev–Trinajstić information content (AvgIpc) is 2.72. The van der Waals surface area contributed by atoms with E-state index in [1.54, 1.807) is 37.3 Å². The zero-order valence-electron chi connectivity index (χ0n) is 15.3. The molecule has 0 aromatic heterocycles. The largest absolute Gasteiger partial charge is 0.486 e. The number of carbonyl (C=O) groups is 1. The first-order chi connectivity index (χ1) is 13.5. The van der Waals surface area contributed by atoms with E-state index in [9.17, 15) is 10.1 Å². The maximum absolute atomic E-state index is 12.2. The molecule has 2 rings (SSSR count). The van der Waals surface area contributed by atoms with Gasteiger partial charge in [0, 0.05) is 0 Å². The molecule has 138 valence electrons. The van der Waals surface area contributed by atoms with Gasteiger partial charge in [0.05, 0.1) is 12.8 Å². The fraction of sp³-hybridized carbons (Fsp3) is 0.143. The van der Waals surface area contributed by atoms with E-state index in [1.165, 1.54) is 7.11 Å². The Labute approximate surface area is 162 Å². The van der Waals surface area contributed by atoms with Gasteiger partial charge in [0.2, 0.25) is 0 Å². The lowest BCUT2D eigenvalue weighted by Gasteiger charge is -2.17. The highest BCUT2D eigenvalue weighted by Crippen LogP contribution is 2.33. The van der Waals surface area contributed by atoms with Crippen molar-refractivity contribution >= 4 is 11.7 Å². The van der Waals surface area contributed by atoms with Crippen LogP contribution in [0.2, 0.25) is 0 Å². The van der Waals surface area contributed by atoms with E-state index in [2.05, 4.69) is 5.32 Å². The topological polar surface area (TPSA) is 119 Å². The van der Waals surface area contributed by atoms with Gasteiger partial charge in [-0.1, -0.05) is 30.3 Å². The van der Waals surface area contributed by atoms with Crippen LogP contribution in [0.5, 0.6) is 5.75 Å². The molecule has 0 saturated heterocycles. The standard InChI is InChI=1S/C21H16N4O3/c1-14-8-17(21(26)27-2)20(28-13-15-6-4-3-5-7-15)18(9-14)25-19(12-24)16(10-22)11-23/h3-9,25H,13H2,1-2H3. The molecule has 0 atom stereocenters. The highest BCUT2D eigenvalue weighted by molar-refractivity contribution is 5.95. The predicted molar refractivity (Wildman–Crippen MR) is 101 cm³/mol. The number of nitrogens with one attached hydrogen (secondary N) is 1. The van der Waals surface area contributed by atoms with E-state index >= 15 is 0 Å². The Hall–Kier alpha value is -4.28. The molecule has 0 amide bonds. The van der Waals surface area contributed by atoms with Gasteiger partial charge in [-0.2, -0.15) is 15.8 Å². The minimum Gasteiger partial charge on any atom is -0.486 e. The van der Waals surface area contributed by atoms with E-state index in [0.29, 0.717) is 5.56 Å². The second kappa shape index (κ2) is 9.43. The normalized spacial score (nSPS) is 9.25. The molecule has 7 nitrogen and oxygen atoms in total. The molecule has 28 heavy (non-hydrogen) atoms. The van der Waals surface area contributed by atoms with Crippen LogP contribution in [0.4, 0.5) is 5.69 Å². The number of nitriles is 3. The number of carbonyl (C=O) groups excluding carboxylic acids is 1. The molecule has 0 radical (unpaired) electrons. The number of methoxy groups -OCH3 is 1. The maximum Gasteiger partial charge on any atom is 0.341 e. The second-order valence-corrected chi connectivity index (χ2v) is 5.67. The average molecular weight is 372 g/mol. The Balaban J connectivity index is 2.54. The SMILES string of the molecule is COC(=O)c1cc(C)cc(NC(C#N)=C(C#N)C#N)c1OCc1ccccc1. The van der Waals surface area contributed by atoms with E-state index in [0.717, 1.165) is 5.56 Å². The van der Waals surface area contributed by atoms with Crippen molar-refractivity contribution < 1.29 is 14.3 Å². The predicted octanol–water partition coefficient (Wildman–Crippen LogP) is 3.60. The van der Waals surface area contributed by atoms with Gasteiger partial charge in [0.1, 0.15) is 36.1 Å². The molecule has 1 N–H and O–H groups in total. The molecule has 0 aliphatic heterocycles. The number of aryl methyl sites for hydroxylation is 1. The summed E-state index contributed by atoms with van der Waals surface area (Å²) < 4.78 is 10.7. The zero-order valence-corrected chi connectivity index (χ0v) is 15.3. The smallest absolute Gasteiger partial charge is 0.341 e. The lowest BCUT2D eigenvalue weighted by molar-refractivity contribution is 0.0595. The number of benzene rings is 2. The van der Waals surface area contributed by atoms with Crippen LogP contribution in [0.3, 0.4) is 0 Å². The van der Waals surface area contributed by atoms with E-state index in [4.69, 9.17) is 20.0 Å². The first-order valence-corrected chi connectivity index (χ1v) is 8.15.